The van der Waals surface area contributed by atoms with E-state index < -0.39 is 12.1 Å². The molecule has 4 aromatic carbocycles. The molecular weight excluding hydrogens is 1000 g/mol. The molecule has 2 saturated heterocycles. The van der Waals surface area contributed by atoms with Crippen molar-refractivity contribution in [1.82, 2.24) is 35.6 Å². The van der Waals surface area contributed by atoms with Crippen LogP contribution in [0.15, 0.2) is 109 Å². The van der Waals surface area contributed by atoms with Crippen LogP contribution in [0.1, 0.15) is 136 Å². The molecule has 4 aliphatic rings. The summed E-state index contributed by atoms with van der Waals surface area (Å²) < 4.78 is 0. The van der Waals surface area contributed by atoms with Gasteiger partial charge in [-0.15, -0.1) is 0 Å². The van der Waals surface area contributed by atoms with Crippen LogP contribution in [-0.2, 0) is 32.0 Å². The van der Waals surface area contributed by atoms with Crippen LogP contribution in [0.4, 0.5) is 0 Å². The van der Waals surface area contributed by atoms with Crippen molar-refractivity contribution in [2.45, 2.75) is 153 Å². The number of nitrogens with two attached hydrogens (primary N) is 2. The smallest absolute Gasteiger partial charge is 0.253 e. The molecule has 0 bridgehead atoms. The first-order valence-corrected chi connectivity index (χ1v) is 30.0. The van der Waals surface area contributed by atoms with Crippen LogP contribution in [0.2, 0.25) is 0 Å². The lowest BCUT2D eigenvalue weighted by atomic mass is 9.82. The Hall–Kier alpha value is -6.42. The summed E-state index contributed by atoms with van der Waals surface area (Å²) in [5.41, 5.74) is 18.3. The van der Waals surface area contributed by atoms with Crippen LogP contribution in [0.5, 0.6) is 0 Å². The molecule has 2 aliphatic heterocycles. The second-order valence-corrected chi connectivity index (χ2v) is 23.6. The minimum Gasteiger partial charge on any atom is -0.344 e. The van der Waals surface area contributed by atoms with Gasteiger partial charge in [0, 0.05) is 68.4 Å². The molecule has 2 aliphatic carbocycles. The number of amides is 6. The van der Waals surface area contributed by atoms with Crippen LogP contribution in [0.3, 0.4) is 0 Å². The lowest BCUT2D eigenvalue weighted by Gasteiger charge is -2.43. The minimum absolute atomic E-state index is 0.0476. The Morgan fingerprint density at radius 1 is 0.537 bits per heavy atom. The third kappa shape index (κ3) is 16.2. The summed E-state index contributed by atoms with van der Waals surface area (Å²) >= 11 is 0. The second-order valence-electron chi connectivity index (χ2n) is 23.6. The van der Waals surface area contributed by atoms with Crippen molar-refractivity contribution in [2.75, 3.05) is 52.9 Å². The summed E-state index contributed by atoms with van der Waals surface area (Å²) in [6, 6.07) is 33.1. The van der Waals surface area contributed by atoms with Gasteiger partial charge in [-0.25, -0.2) is 0 Å². The monoisotopic (exact) mass is 1090 g/mol. The van der Waals surface area contributed by atoms with E-state index in [1.54, 1.807) is 7.05 Å². The van der Waals surface area contributed by atoms with Crippen molar-refractivity contribution >= 4 is 35.4 Å². The van der Waals surface area contributed by atoms with Crippen LogP contribution in [0, 0.1) is 17.8 Å². The van der Waals surface area contributed by atoms with E-state index in [9.17, 15) is 28.8 Å². The first-order valence-electron chi connectivity index (χ1n) is 30.0. The highest BCUT2D eigenvalue weighted by Crippen LogP contribution is 2.32. The maximum atomic E-state index is 14.8. The zero-order chi connectivity index (χ0) is 56.5. The molecule has 0 unspecified atom stereocenters. The van der Waals surface area contributed by atoms with Crippen molar-refractivity contribution in [2.24, 2.45) is 29.2 Å². The molecule has 0 aromatic heterocycles. The quantitative estimate of drug-likeness (QED) is 0.0533. The van der Waals surface area contributed by atoms with Gasteiger partial charge in [0.25, 0.3) is 11.8 Å². The number of carbonyl (C=O) groups is 6. The van der Waals surface area contributed by atoms with Crippen LogP contribution in [0.25, 0.3) is 11.1 Å². The lowest BCUT2D eigenvalue weighted by molar-refractivity contribution is -0.142. The molecule has 8 rings (SSSR count). The van der Waals surface area contributed by atoms with Gasteiger partial charge in [0.1, 0.15) is 12.1 Å². The fourth-order valence-electron chi connectivity index (χ4n) is 12.7. The Bertz CT molecular complexity index is 2640. The Morgan fingerprint density at radius 2 is 0.938 bits per heavy atom. The number of piperidine rings is 2. The van der Waals surface area contributed by atoms with Crippen molar-refractivity contribution in [1.29, 1.82) is 0 Å². The molecule has 0 spiro atoms. The van der Waals surface area contributed by atoms with Gasteiger partial charge in [-0.2, -0.15) is 0 Å². The van der Waals surface area contributed by atoms with E-state index in [0.717, 1.165) is 86.5 Å². The second kappa shape index (κ2) is 29.3. The predicted molar refractivity (Wildman–Crippen MR) is 315 cm³/mol. The molecule has 15 nitrogen and oxygen atoms in total. The highest BCUT2D eigenvalue weighted by molar-refractivity contribution is 5.96. The fraction of sp³-hybridized carbons (Fsp3) is 0.538. The standard InChI is InChI=1S/C65H89N9O6/c1-45(2)61(76)70-60(51-22-14-7-15-23-51)65(80)74-39-35-55(67)41-57(74)44-72(37-33-47-18-10-5-11-19-47)63(78)53-30-26-49(27-31-53)48-24-28-52(29-25-48)62(77)71(36-32-46-16-8-4-9-17-46)43-56-40-54(66)34-38-73(56)64(79)59(69-58(75)42-68-3)50-20-12-6-13-21-50/h4-5,8-11,16-19,24-31,45,50-51,54-57,59-60,68H,6-7,12-15,20-23,32-44,66-67H2,1-3H3,(H,69,75)(H,70,76)/t54-,55-,56+,57+,59+,60+/m1/s1. The van der Waals surface area contributed by atoms with E-state index in [2.05, 4.69) is 40.2 Å². The number of rotatable bonds is 22. The average Bonchev–Trinajstić information content (AvgIpc) is 3.48. The van der Waals surface area contributed by atoms with Crippen molar-refractivity contribution < 1.29 is 28.8 Å². The lowest BCUT2D eigenvalue weighted by Crippen LogP contribution is -2.61. The molecule has 2 heterocycles. The summed E-state index contributed by atoms with van der Waals surface area (Å²) in [6.45, 7) is 6.21. The molecule has 80 heavy (non-hydrogen) atoms. The Kier molecular flexibility index (Phi) is 21.9. The SMILES string of the molecule is CNCC(=O)N[C@H](C(=O)N1CC[C@@H](N)C[C@H]1CN(CCc1ccccc1)C(=O)c1ccc(-c2ccc(C(=O)N(CCc3ccccc3)C[C@@H]3C[C@H](N)CCN3C(=O)[C@@H](NC(=O)C(C)C)C3CCCCC3)cc2)cc1)C1CCCCC1. The molecule has 2 saturated carbocycles. The Labute approximate surface area is 475 Å². The highest BCUT2D eigenvalue weighted by atomic mass is 16.2. The van der Waals surface area contributed by atoms with Gasteiger partial charge in [0.15, 0.2) is 0 Å². The molecule has 4 fully saturated rings. The van der Waals surface area contributed by atoms with Crippen molar-refractivity contribution in [3.05, 3.63) is 131 Å². The fourth-order valence-corrected chi connectivity index (χ4v) is 12.7. The van der Waals surface area contributed by atoms with E-state index in [4.69, 9.17) is 11.5 Å². The van der Waals surface area contributed by atoms with Gasteiger partial charge in [0.05, 0.1) is 18.6 Å². The minimum atomic E-state index is -0.639. The maximum Gasteiger partial charge on any atom is 0.253 e. The van der Waals surface area contributed by atoms with E-state index >= 15 is 0 Å². The highest BCUT2D eigenvalue weighted by Gasteiger charge is 2.42. The number of hydrogen-bond acceptors (Lipinski definition) is 9. The van der Waals surface area contributed by atoms with Gasteiger partial charge >= 0.3 is 0 Å². The van der Waals surface area contributed by atoms with Crippen LogP contribution in [-0.4, -0.2) is 144 Å². The van der Waals surface area contributed by atoms with Gasteiger partial charge in [0.2, 0.25) is 23.6 Å². The van der Waals surface area contributed by atoms with Crippen molar-refractivity contribution in [3.63, 3.8) is 0 Å². The third-order valence-corrected chi connectivity index (χ3v) is 17.4. The predicted octanol–water partition coefficient (Wildman–Crippen LogP) is 7.37. The van der Waals surface area contributed by atoms with Crippen LogP contribution >= 0.6 is 0 Å². The number of hydrogen-bond donors (Lipinski definition) is 5. The zero-order valence-corrected chi connectivity index (χ0v) is 47.7. The Balaban J connectivity index is 0.998. The molecular formula is C65H89N9O6. The number of benzene rings is 4. The summed E-state index contributed by atoms with van der Waals surface area (Å²) in [7, 11) is 1.72. The average molecular weight is 1090 g/mol. The summed E-state index contributed by atoms with van der Waals surface area (Å²) in [5, 5.41) is 9.18. The van der Waals surface area contributed by atoms with E-state index in [1.807, 2.05) is 118 Å². The molecule has 6 amide bonds. The van der Waals surface area contributed by atoms with Gasteiger partial charge in [-0.1, -0.05) is 137 Å². The molecule has 7 N–H and O–H groups in total. The largest absolute Gasteiger partial charge is 0.344 e. The van der Waals surface area contributed by atoms with E-state index in [-0.39, 0.29) is 83.9 Å². The summed E-state index contributed by atoms with van der Waals surface area (Å²) in [6.07, 6.45) is 13.5. The number of likely N-dealkylation sites (tertiary alicyclic amines) is 2. The topological polar surface area (TPSA) is 204 Å². The van der Waals surface area contributed by atoms with Crippen LogP contribution < -0.4 is 27.4 Å². The molecule has 15 heteroatoms. The molecule has 430 valence electrons. The Morgan fingerprint density at radius 3 is 1.32 bits per heavy atom. The molecule has 6 atom stereocenters. The van der Waals surface area contributed by atoms with Crippen molar-refractivity contribution in [3.8, 4) is 11.1 Å². The number of nitrogens with one attached hydrogen (secondary N) is 3. The summed E-state index contributed by atoms with van der Waals surface area (Å²) in [5.74, 6) is -0.936. The maximum absolute atomic E-state index is 14.8. The number of nitrogens with zero attached hydrogens (tertiary/aromatic N) is 4. The van der Waals surface area contributed by atoms with E-state index in [0.29, 0.717) is 88.9 Å². The first kappa shape index (κ1) is 59.7. The number of likely N-dealkylation sites (N-methyl/N-ethyl adjacent to an activating group) is 1. The molecule has 4 aromatic rings. The van der Waals surface area contributed by atoms with E-state index in [1.165, 1.54) is 0 Å². The van der Waals surface area contributed by atoms with Gasteiger partial charge in [-0.3, -0.25) is 28.8 Å². The third-order valence-electron chi connectivity index (χ3n) is 17.4. The first-order chi connectivity index (χ1) is 38.8. The number of carbonyl (C=O) groups excluding carboxylic acids is 6. The summed E-state index contributed by atoms with van der Waals surface area (Å²) in [4.78, 5) is 92.9. The van der Waals surface area contributed by atoms with Gasteiger partial charge < -0.3 is 47.0 Å². The van der Waals surface area contributed by atoms with Gasteiger partial charge in [-0.05, 0) is 130 Å². The molecule has 0 radical (unpaired) electrons. The normalized spacial score (nSPS) is 20.8. The zero-order valence-electron chi connectivity index (χ0n) is 47.7.